The van der Waals surface area contributed by atoms with Crippen molar-refractivity contribution in [2.75, 3.05) is 18.8 Å². The number of nitrogen functional groups attached to an aromatic ring is 1. The van der Waals surface area contributed by atoms with E-state index in [9.17, 15) is 4.79 Å². The number of hydrogen-bond acceptors (Lipinski definition) is 6. The molecule has 0 spiro atoms. The summed E-state index contributed by atoms with van der Waals surface area (Å²) in [5, 5.41) is 10.5. The predicted molar refractivity (Wildman–Crippen MR) is 125 cm³/mol. The number of hydrogen-bond donors (Lipinski definition) is 3. The average molecular weight is 436 g/mol. The number of amides is 2. The number of aryl methyl sites for hydroxylation is 1. The quantitative estimate of drug-likeness (QED) is 0.329. The van der Waals surface area contributed by atoms with E-state index in [2.05, 4.69) is 15.3 Å². The van der Waals surface area contributed by atoms with Crippen LogP contribution in [0.3, 0.4) is 0 Å². The van der Waals surface area contributed by atoms with Crippen molar-refractivity contribution in [1.82, 2.24) is 24.8 Å². The van der Waals surface area contributed by atoms with Gasteiger partial charge in [0.1, 0.15) is 29.3 Å². The van der Waals surface area contributed by atoms with Crippen LogP contribution in [0.5, 0.6) is 5.88 Å². The molecule has 1 aliphatic heterocycles. The van der Waals surface area contributed by atoms with Gasteiger partial charge in [-0.1, -0.05) is 26.0 Å². The number of nitrogens with zero attached hydrogens (tertiary/aromatic N) is 4. The number of anilines is 1. The molecule has 0 saturated carbocycles. The maximum absolute atomic E-state index is 12.4. The molecule has 4 rings (SSSR count). The summed E-state index contributed by atoms with van der Waals surface area (Å²) in [5.41, 5.74) is 10.2. The molecule has 0 atom stereocenters. The number of carbonyl (C=O) groups is 1. The Morgan fingerprint density at radius 3 is 2.56 bits per heavy atom. The molecule has 1 fully saturated rings. The standard InChI is InChI=1S/C23H29N7O2/c1-14(2)21(25)28-23(31)30-10-8-17(9-11-30)32-22-20-19(26-13-27-22)18(12-29(20)3)15-4-6-16(24)7-5-15/h4-7,12-14,17H,8-11,24H2,1-3H3,(H2,25,28,31). The summed E-state index contributed by atoms with van der Waals surface area (Å²) in [5.74, 6) is 0.768. The molecule has 1 aromatic carbocycles. The Hall–Kier alpha value is -3.62. The fourth-order valence-electron chi connectivity index (χ4n) is 3.83. The zero-order valence-corrected chi connectivity index (χ0v) is 18.6. The van der Waals surface area contributed by atoms with E-state index in [0.29, 0.717) is 37.5 Å². The minimum Gasteiger partial charge on any atom is -0.473 e. The molecule has 0 aliphatic carbocycles. The Morgan fingerprint density at radius 2 is 1.91 bits per heavy atom. The van der Waals surface area contributed by atoms with Crippen LogP contribution < -0.4 is 15.8 Å². The number of carbonyl (C=O) groups excluding carboxylic acids is 1. The molecule has 1 aliphatic rings. The van der Waals surface area contributed by atoms with Crippen LogP contribution in [0.2, 0.25) is 0 Å². The lowest BCUT2D eigenvalue weighted by molar-refractivity contribution is 0.110. The summed E-state index contributed by atoms with van der Waals surface area (Å²) < 4.78 is 8.26. The molecule has 2 amide bonds. The highest BCUT2D eigenvalue weighted by Gasteiger charge is 2.26. The van der Waals surface area contributed by atoms with Crippen molar-refractivity contribution in [2.24, 2.45) is 13.0 Å². The number of amidine groups is 1. The maximum atomic E-state index is 12.4. The molecular weight excluding hydrogens is 406 g/mol. The minimum atomic E-state index is -0.220. The first-order valence-corrected chi connectivity index (χ1v) is 10.8. The van der Waals surface area contributed by atoms with Crippen LogP contribution in [-0.2, 0) is 7.05 Å². The van der Waals surface area contributed by atoms with Crippen molar-refractivity contribution in [2.45, 2.75) is 32.8 Å². The van der Waals surface area contributed by atoms with Gasteiger partial charge in [-0.15, -0.1) is 0 Å². The molecule has 1 saturated heterocycles. The van der Waals surface area contributed by atoms with Crippen LogP contribution >= 0.6 is 0 Å². The Morgan fingerprint density at radius 1 is 1.22 bits per heavy atom. The monoisotopic (exact) mass is 435 g/mol. The number of nitrogens with two attached hydrogens (primary N) is 1. The van der Waals surface area contributed by atoms with E-state index in [1.54, 1.807) is 4.90 Å². The summed E-state index contributed by atoms with van der Waals surface area (Å²) in [6.07, 6.45) is 4.90. The van der Waals surface area contributed by atoms with Gasteiger partial charge < -0.3 is 19.9 Å². The number of fused-ring (bicyclic) bond motifs is 1. The molecule has 0 radical (unpaired) electrons. The van der Waals surface area contributed by atoms with E-state index in [1.165, 1.54) is 6.33 Å². The van der Waals surface area contributed by atoms with Crippen LogP contribution in [0.15, 0.2) is 36.8 Å². The van der Waals surface area contributed by atoms with E-state index >= 15 is 0 Å². The van der Waals surface area contributed by atoms with Crippen LogP contribution in [0.25, 0.3) is 22.2 Å². The molecule has 0 unspecified atom stereocenters. The molecule has 9 heteroatoms. The minimum absolute atomic E-state index is 0.0107. The number of ether oxygens (including phenoxy) is 1. The molecule has 32 heavy (non-hydrogen) atoms. The lowest BCUT2D eigenvalue weighted by Crippen LogP contribution is -2.48. The van der Waals surface area contributed by atoms with Gasteiger partial charge in [-0.3, -0.25) is 10.7 Å². The first kappa shape index (κ1) is 21.6. The van der Waals surface area contributed by atoms with Gasteiger partial charge in [0.05, 0.1) is 0 Å². The third-order valence-corrected chi connectivity index (χ3v) is 5.77. The van der Waals surface area contributed by atoms with Gasteiger partial charge in [0.2, 0.25) is 5.88 Å². The van der Waals surface area contributed by atoms with Crippen molar-refractivity contribution < 1.29 is 9.53 Å². The topological polar surface area (TPSA) is 122 Å². The number of likely N-dealkylation sites (tertiary alicyclic amines) is 1. The highest BCUT2D eigenvalue weighted by atomic mass is 16.5. The molecule has 4 N–H and O–H groups in total. The fourth-order valence-corrected chi connectivity index (χ4v) is 3.83. The van der Waals surface area contributed by atoms with Crippen LogP contribution in [0.1, 0.15) is 26.7 Å². The van der Waals surface area contributed by atoms with Gasteiger partial charge in [-0.25, -0.2) is 9.78 Å². The van der Waals surface area contributed by atoms with Crippen LogP contribution in [0, 0.1) is 11.3 Å². The van der Waals surface area contributed by atoms with Crippen molar-refractivity contribution in [3.05, 3.63) is 36.8 Å². The number of benzene rings is 1. The number of urea groups is 1. The lowest BCUT2D eigenvalue weighted by atomic mass is 10.1. The average Bonchev–Trinajstić information content (AvgIpc) is 3.12. The van der Waals surface area contributed by atoms with Crippen molar-refractivity contribution in [3.63, 3.8) is 0 Å². The highest BCUT2D eigenvalue weighted by molar-refractivity contribution is 5.97. The summed E-state index contributed by atoms with van der Waals surface area (Å²) in [4.78, 5) is 23.0. The van der Waals surface area contributed by atoms with Crippen LogP contribution in [0.4, 0.5) is 10.5 Å². The van der Waals surface area contributed by atoms with Crippen molar-refractivity contribution >= 4 is 28.6 Å². The number of rotatable bonds is 4. The molecule has 2 aromatic heterocycles. The normalized spacial score (nSPS) is 14.7. The Labute approximate surface area is 187 Å². The Balaban J connectivity index is 1.47. The highest BCUT2D eigenvalue weighted by Crippen LogP contribution is 2.33. The van der Waals surface area contributed by atoms with E-state index in [0.717, 1.165) is 22.2 Å². The van der Waals surface area contributed by atoms with E-state index in [1.807, 2.05) is 55.9 Å². The number of nitrogens with one attached hydrogen (secondary N) is 2. The molecule has 9 nitrogen and oxygen atoms in total. The summed E-state index contributed by atoms with van der Waals surface area (Å²) in [7, 11) is 1.95. The SMILES string of the molecule is CC(C)C(=N)NC(=O)N1CCC(Oc2ncnc3c(-c4ccc(N)cc4)cn(C)c23)CC1. The second-order valence-corrected chi connectivity index (χ2v) is 8.45. The summed E-state index contributed by atoms with van der Waals surface area (Å²) in [6.45, 7) is 4.90. The molecule has 3 aromatic rings. The number of piperidine rings is 1. The second-order valence-electron chi connectivity index (χ2n) is 8.45. The lowest BCUT2D eigenvalue weighted by Gasteiger charge is -2.32. The van der Waals surface area contributed by atoms with E-state index < -0.39 is 0 Å². The zero-order valence-electron chi connectivity index (χ0n) is 18.6. The van der Waals surface area contributed by atoms with Gasteiger partial charge >= 0.3 is 6.03 Å². The van der Waals surface area contributed by atoms with Crippen LogP contribution in [-0.4, -0.2) is 50.5 Å². The smallest absolute Gasteiger partial charge is 0.322 e. The van der Waals surface area contributed by atoms with Gasteiger partial charge in [-0.2, -0.15) is 4.98 Å². The molecule has 168 valence electrons. The first-order chi connectivity index (χ1) is 15.3. The summed E-state index contributed by atoms with van der Waals surface area (Å²) >= 11 is 0. The summed E-state index contributed by atoms with van der Waals surface area (Å²) in [6, 6.07) is 7.49. The van der Waals surface area contributed by atoms with Gasteiger partial charge in [0, 0.05) is 56.3 Å². The van der Waals surface area contributed by atoms with E-state index in [-0.39, 0.29) is 23.9 Å². The molecule has 3 heterocycles. The fraction of sp³-hybridized carbons (Fsp3) is 0.391. The van der Waals surface area contributed by atoms with Crippen molar-refractivity contribution in [1.29, 1.82) is 5.41 Å². The zero-order chi connectivity index (χ0) is 22.8. The van der Waals surface area contributed by atoms with E-state index in [4.69, 9.17) is 15.9 Å². The first-order valence-electron chi connectivity index (χ1n) is 10.8. The van der Waals surface area contributed by atoms with Gasteiger partial charge in [0.15, 0.2) is 0 Å². The van der Waals surface area contributed by atoms with Crippen molar-refractivity contribution in [3.8, 4) is 17.0 Å². The Kier molecular flexibility index (Phi) is 5.98. The Bertz CT molecular complexity index is 1130. The largest absolute Gasteiger partial charge is 0.473 e. The number of aromatic nitrogens is 3. The van der Waals surface area contributed by atoms with Gasteiger partial charge in [-0.05, 0) is 17.7 Å². The molecular formula is C23H29N7O2. The molecule has 0 bridgehead atoms. The second kappa shape index (κ2) is 8.86. The maximum Gasteiger partial charge on any atom is 0.322 e. The van der Waals surface area contributed by atoms with Gasteiger partial charge in [0.25, 0.3) is 0 Å². The third-order valence-electron chi connectivity index (χ3n) is 5.77. The predicted octanol–water partition coefficient (Wildman–Crippen LogP) is 3.40. The third kappa shape index (κ3) is 4.37.